The highest BCUT2D eigenvalue weighted by molar-refractivity contribution is 6.07. The van der Waals surface area contributed by atoms with Gasteiger partial charge >= 0.3 is 0 Å². The van der Waals surface area contributed by atoms with E-state index < -0.39 is 10.8 Å². The van der Waals surface area contributed by atoms with Crippen molar-refractivity contribution in [2.45, 2.75) is 19.8 Å². The summed E-state index contributed by atoms with van der Waals surface area (Å²) in [4.78, 5) is 33.5. The van der Waals surface area contributed by atoms with Crippen molar-refractivity contribution in [2.24, 2.45) is 16.1 Å². The minimum atomic E-state index is -0.524. The summed E-state index contributed by atoms with van der Waals surface area (Å²) >= 11 is 0. The van der Waals surface area contributed by atoms with Gasteiger partial charge in [-0.05, 0) is 19.4 Å². The summed E-state index contributed by atoms with van der Waals surface area (Å²) < 4.78 is 0. The van der Waals surface area contributed by atoms with Crippen molar-refractivity contribution in [2.75, 3.05) is 0 Å². The molecule has 1 aliphatic rings. The Morgan fingerprint density at radius 2 is 2.26 bits per heavy atom. The third-order valence-electron chi connectivity index (χ3n) is 3.35. The van der Waals surface area contributed by atoms with Crippen LogP contribution in [0.1, 0.15) is 25.3 Å². The van der Waals surface area contributed by atoms with Gasteiger partial charge in [-0.1, -0.05) is 12.1 Å². The maximum absolute atomic E-state index is 11.7. The molecule has 2 amide bonds. The second kappa shape index (κ2) is 7.25. The van der Waals surface area contributed by atoms with E-state index >= 15 is 0 Å². The molecule has 23 heavy (non-hydrogen) atoms. The molecule has 0 spiro atoms. The highest BCUT2D eigenvalue weighted by Gasteiger charge is 2.26. The number of nitro groups is 1. The number of carbonyl (C=O) groups is 2. The van der Waals surface area contributed by atoms with Gasteiger partial charge in [0.15, 0.2) is 0 Å². The van der Waals surface area contributed by atoms with Crippen molar-refractivity contribution in [3.63, 3.8) is 0 Å². The lowest BCUT2D eigenvalue weighted by molar-refractivity contribution is -0.385. The Kier molecular flexibility index (Phi) is 5.13. The van der Waals surface area contributed by atoms with Crippen LogP contribution in [0.3, 0.4) is 0 Å². The standard InChI is InChI=1S/C14H15N5O4/c1-9-11(14(21)18-16-9)6-7-13(20)17-15-8-10-4-2-3-5-12(10)19(22)23/h2-5,8,11H,6-7H2,1H3,(H,17,20)(H,18,21)/b15-8+. The Bertz CT molecular complexity index is 698. The number of nitrogens with zero attached hydrogens (tertiary/aromatic N) is 3. The first kappa shape index (κ1) is 16.3. The van der Waals surface area contributed by atoms with Crippen LogP contribution in [0.5, 0.6) is 0 Å². The minimum absolute atomic E-state index is 0.0964. The maximum Gasteiger partial charge on any atom is 0.278 e. The van der Waals surface area contributed by atoms with E-state index in [0.29, 0.717) is 12.1 Å². The van der Waals surface area contributed by atoms with Crippen molar-refractivity contribution >= 4 is 29.4 Å². The molecule has 1 unspecified atom stereocenters. The Balaban J connectivity index is 1.86. The van der Waals surface area contributed by atoms with E-state index in [1.807, 2.05) is 0 Å². The van der Waals surface area contributed by atoms with Crippen LogP contribution in [0, 0.1) is 16.0 Å². The van der Waals surface area contributed by atoms with Crippen LogP contribution in [0.25, 0.3) is 0 Å². The highest BCUT2D eigenvalue weighted by Crippen LogP contribution is 2.15. The van der Waals surface area contributed by atoms with Gasteiger partial charge in [0, 0.05) is 18.2 Å². The van der Waals surface area contributed by atoms with E-state index in [4.69, 9.17) is 0 Å². The number of hydrazone groups is 2. The van der Waals surface area contributed by atoms with Gasteiger partial charge in [-0.3, -0.25) is 19.7 Å². The molecule has 2 N–H and O–H groups in total. The number of para-hydroxylation sites is 1. The van der Waals surface area contributed by atoms with Crippen LogP contribution in [0.4, 0.5) is 5.69 Å². The second-order valence-corrected chi connectivity index (χ2v) is 4.93. The Hall–Kier alpha value is -3.10. The van der Waals surface area contributed by atoms with Crippen LogP contribution in [0.2, 0.25) is 0 Å². The third-order valence-corrected chi connectivity index (χ3v) is 3.35. The molecule has 1 heterocycles. The molecular formula is C14H15N5O4. The Labute approximate surface area is 131 Å². The monoisotopic (exact) mass is 317 g/mol. The molecule has 0 saturated carbocycles. The van der Waals surface area contributed by atoms with Gasteiger partial charge < -0.3 is 0 Å². The molecule has 0 fully saturated rings. The molecule has 0 aromatic heterocycles. The van der Waals surface area contributed by atoms with Gasteiger partial charge in [-0.15, -0.1) is 0 Å². The largest absolute Gasteiger partial charge is 0.278 e. The molecule has 1 aliphatic heterocycles. The van der Waals surface area contributed by atoms with E-state index in [9.17, 15) is 19.7 Å². The summed E-state index contributed by atoms with van der Waals surface area (Å²) in [6, 6.07) is 6.06. The topological polar surface area (TPSA) is 126 Å². The lowest BCUT2D eigenvalue weighted by atomic mass is 9.99. The number of benzene rings is 1. The lowest BCUT2D eigenvalue weighted by Gasteiger charge is -2.06. The number of amides is 2. The van der Waals surface area contributed by atoms with Crippen LogP contribution in [0.15, 0.2) is 34.5 Å². The summed E-state index contributed by atoms with van der Waals surface area (Å²) in [5, 5.41) is 18.3. The van der Waals surface area contributed by atoms with Crippen LogP contribution >= 0.6 is 0 Å². The molecule has 0 bridgehead atoms. The SMILES string of the molecule is CC1=NNC(=O)C1CCC(=O)N/N=C/c1ccccc1[N+](=O)[O-]. The Morgan fingerprint density at radius 1 is 1.52 bits per heavy atom. The molecule has 2 rings (SSSR count). The number of rotatable bonds is 6. The van der Waals surface area contributed by atoms with Crippen LogP contribution < -0.4 is 10.9 Å². The van der Waals surface area contributed by atoms with Gasteiger partial charge in [0.05, 0.1) is 22.6 Å². The predicted molar refractivity (Wildman–Crippen MR) is 82.8 cm³/mol. The lowest BCUT2D eigenvalue weighted by Crippen LogP contribution is -2.25. The van der Waals surface area contributed by atoms with E-state index in [1.165, 1.54) is 18.3 Å². The molecule has 1 atom stereocenters. The average Bonchev–Trinajstić information content (AvgIpc) is 2.84. The van der Waals surface area contributed by atoms with Crippen molar-refractivity contribution in [1.29, 1.82) is 0 Å². The molecular weight excluding hydrogens is 302 g/mol. The minimum Gasteiger partial charge on any atom is -0.273 e. The summed E-state index contributed by atoms with van der Waals surface area (Å²) in [5.41, 5.74) is 5.47. The molecule has 9 heteroatoms. The van der Waals surface area contributed by atoms with E-state index in [2.05, 4.69) is 21.1 Å². The number of hydrogen-bond acceptors (Lipinski definition) is 6. The average molecular weight is 317 g/mol. The van der Waals surface area contributed by atoms with Gasteiger partial charge in [-0.25, -0.2) is 10.9 Å². The molecule has 1 aromatic rings. The normalized spacial score (nSPS) is 17.0. The van der Waals surface area contributed by atoms with E-state index in [0.717, 1.165) is 0 Å². The van der Waals surface area contributed by atoms with E-state index in [1.54, 1.807) is 19.1 Å². The highest BCUT2D eigenvalue weighted by atomic mass is 16.6. The van der Waals surface area contributed by atoms with E-state index in [-0.39, 0.29) is 29.5 Å². The number of carbonyl (C=O) groups excluding carboxylic acids is 2. The zero-order chi connectivity index (χ0) is 16.8. The first-order valence-electron chi connectivity index (χ1n) is 6.88. The quantitative estimate of drug-likeness (QED) is 0.460. The zero-order valence-corrected chi connectivity index (χ0v) is 12.4. The van der Waals surface area contributed by atoms with Gasteiger partial charge in [0.25, 0.3) is 5.69 Å². The van der Waals surface area contributed by atoms with Crippen molar-refractivity contribution in [3.8, 4) is 0 Å². The maximum atomic E-state index is 11.7. The number of nitrogens with one attached hydrogen (secondary N) is 2. The third kappa shape index (κ3) is 4.19. The first-order valence-corrected chi connectivity index (χ1v) is 6.88. The smallest absolute Gasteiger partial charge is 0.273 e. The summed E-state index contributed by atoms with van der Waals surface area (Å²) in [6.45, 7) is 1.72. The number of hydrogen-bond donors (Lipinski definition) is 2. The summed E-state index contributed by atoms with van der Waals surface area (Å²) in [7, 11) is 0. The van der Waals surface area contributed by atoms with Crippen LogP contribution in [-0.4, -0.2) is 28.7 Å². The van der Waals surface area contributed by atoms with Crippen molar-refractivity contribution in [3.05, 3.63) is 39.9 Å². The molecule has 1 aromatic carbocycles. The molecule has 0 saturated heterocycles. The van der Waals surface area contributed by atoms with Gasteiger partial charge in [-0.2, -0.15) is 10.2 Å². The predicted octanol–water partition coefficient (Wildman–Crippen LogP) is 0.947. The fourth-order valence-electron chi connectivity index (χ4n) is 2.10. The second-order valence-electron chi connectivity index (χ2n) is 4.93. The molecule has 9 nitrogen and oxygen atoms in total. The van der Waals surface area contributed by atoms with Gasteiger partial charge in [0.2, 0.25) is 11.8 Å². The molecule has 0 aliphatic carbocycles. The van der Waals surface area contributed by atoms with Crippen LogP contribution in [-0.2, 0) is 9.59 Å². The number of nitro benzene ring substituents is 1. The Morgan fingerprint density at radius 3 is 2.91 bits per heavy atom. The van der Waals surface area contributed by atoms with Gasteiger partial charge in [0.1, 0.15) is 0 Å². The zero-order valence-electron chi connectivity index (χ0n) is 12.4. The van der Waals surface area contributed by atoms with Crippen molar-refractivity contribution < 1.29 is 14.5 Å². The summed E-state index contributed by atoms with van der Waals surface area (Å²) in [5.74, 6) is -1.01. The molecule has 120 valence electrons. The summed E-state index contributed by atoms with van der Waals surface area (Å²) in [6.07, 6.45) is 1.64. The first-order chi connectivity index (χ1) is 11.0. The molecule has 0 radical (unpaired) electrons. The van der Waals surface area contributed by atoms with Crippen molar-refractivity contribution in [1.82, 2.24) is 10.9 Å². The fraction of sp³-hybridized carbons (Fsp3) is 0.286. The fourth-order valence-corrected chi connectivity index (χ4v) is 2.10.